The van der Waals surface area contributed by atoms with Crippen LogP contribution in [0.25, 0.3) is 10.9 Å². The number of rotatable bonds is 24. The molecule has 2 heterocycles. The molecule has 1 aromatic carbocycles. The number of fused-ring (bicyclic) bond motifs is 1. The third-order valence-electron chi connectivity index (χ3n) is 9.39. The number of carbonyl (C=O) groups is 3. The third-order valence-corrected chi connectivity index (χ3v) is 9.39. The number of allylic oxidation sites excluding steroid dienone is 2. The van der Waals surface area contributed by atoms with Crippen molar-refractivity contribution in [2.45, 2.75) is 155 Å². The summed E-state index contributed by atoms with van der Waals surface area (Å²) < 4.78 is 17.2. The van der Waals surface area contributed by atoms with Crippen LogP contribution < -0.4 is 10.6 Å². The molecule has 2 amide bonds. The first-order valence-electron chi connectivity index (χ1n) is 19.2. The maximum Gasteiger partial charge on any atom is 0.307 e. The summed E-state index contributed by atoms with van der Waals surface area (Å²) in [5, 5.41) is 7.02. The molecule has 1 saturated heterocycles. The molecule has 1 aliphatic rings. The van der Waals surface area contributed by atoms with Crippen molar-refractivity contribution in [1.82, 2.24) is 15.6 Å². The largest absolute Gasteiger partial charge is 0.463 e. The fourth-order valence-corrected chi connectivity index (χ4v) is 6.34. The Balaban J connectivity index is 1.37. The highest BCUT2D eigenvalue weighted by Gasteiger charge is 2.45. The van der Waals surface area contributed by atoms with E-state index in [4.69, 9.17) is 14.2 Å². The van der Waals surface area contributed by atoms with Crippen LogP contribution in [-0.4, -0.2) is 60.5 Å². The zero-order valence-corrected chi connectivity index (χ0v) is 31.6. The number of ether oxygens (including phenoxy) is 3. The number of amides is 2. The quantitative estimate of drug-likeness (QED) is 0.0576. The molecule has 1 aliphatic heterocycles. The molecule has 3 rings (SSSR count). The van der Waals surface area contributed by atoms with Gasteiger partial charge in [0.15, 0.2) is 5.79 Å². The smallest absolute Gasteiger partial charge is 0.307 e. The Morgan fingerprint density at radius 3 is 2.30 bits per heavy atom. The van der Waals surface area contributed by atoms with Gasteiger partial charge in [0, 0.05) is 35.5 Å². The van der Waals surface area contributed by atoms with Crippen molar-refractivity contribution in [2.24, 2.45) is 5.41 Å². The van der Waals surface area contributed by atoms with E-state index in [1.165, 1.54) is 57.8 Å². The highest BCUT2D eigenvalue weighted by atomic mass is 16.7. The molecule has 0 radical (unpaired) electrons. The number of aromatic amines is 1. The van der Waals surface area contributed by atoms with Crippen LogP contribution in [0.5, 0.6) is 0 Å². The summed E-state index contributed by atoms with van der Waals surface area (Å²) in [5.74, 6) is -1.60. The Labute approximate surface area is 301 Å². The molecular weight excluding hydrogens is 630 g/mol. The Morgan fingerprint density at radius 2 is 1.58 bits per heavy atom. The average molecular weight is 696 g/mol. The van der Waals surface area contributed by atoms with Gasteiger partial charge in [-0.1, -0.05) is 102 Å². The number of nitrogens with one attached hydrogen (secondary N) is 3. The molecule has 280 valence electrons. The van der Waals surface area contributed by atoms with Gasteiger partial charge < -0.3 is 29.8 Å². The van der Waals surface area contributed by atoms with Gasteiger partial charge in [0.2, 0.25) is 11.8 Å². The minimum atomic E-state index is -0.856. The number of benzene rings is 1. The molecule has 1 aromatic heterocycles. The van der Waals surface area contributed by atoms with Crippen molar-refractivity contribution in [3.63, 3.8) is 0 Å². The normalized spacial score (nSPS) is 17.5. The number of H-pyrrole nitrogens is 1. The number of aromatic nitrogens is 1. The van der Waals surface area contributed by atoms with E-state index in [1.54, 1.807) is 13.8 Å². The van der Waals surface area contributed by atoms with E-state index in [-0.39, 0.29) is 37.4 Å². The molecule has 3 N–H and O–H groups in total. The highest BCUT2D eigenvalue weighted by Crippen LogP contribution is 2.34. The Hall–Kier alpha value is -3.17. The zero-order valence-electron chi connectivity index (χ0n) is 31.6. The summed E-state index contributed by atoms with van der Waals surface area (Å²) in [6, 6.07) is 7.65. The summed E-state index contributed by atoms with van der Waals surface area (Å²) >= 11 is 0. The van der Waals surface area contributed by atoms with Crippen molar-refractivity contribution in [3.8, 4) is 0 Å². The van der Waals surface area contributed by atoms with Crippen molar-refractivity contribution < 1.29 is 28.6 Å². The van der Waals surface area contributed by atoms with E-state index in [0.717, 1.165) is 42.1 Å². The summed E-state index contributed by atoms with van der Waals surface area (Å²) in [4.78, 5) is 41.9. The van der Waals surface area contributed by atoms with E-state index in [9.17, 15) is 14.4 Å². The number of carbonyl (C=O) groups excluding carboxylic acids is 3. The van der Waals surface area contributed by atoms with Crippen molar-refractivity contribution in [1.29, 1.82) is 0 Å². The van der Waals surface area contributed by atoms with Crippen LogP contribution in [0.15, 0.2) is 42.6 Å². The Bertz CT molecular complexity index is 1330. The number of hydrogen-bond acceptors (Lipinski definition) is 6. The standard InChI is InChI=1S/C41H65N3O6/c1-6-7-8-9-10-11-12-13-14-15-16-17-18-19-20-25-36(45)44-33(28-32-29-43-35-24-22-21-23-34(32)35)30-48-37(46)26-27-42-39(47)38-40(2,3)31-49-41(4,5)50-38/h13-14,21-24,29,33,38,43H,6-12,15-20,25-28,30-31H2,1-5H3,(H,42,47)(H,44,45)/b14-13-. The minimum Gasteiger partial charge on any atom is -0.463 e. The minimum absolute atomic E-state index is 0.0153. The van der Waals surface area contributed by atoms with Gasteiger partial charge >= 0.3 is 5.97 Å². The molecule has 1 fully saturated rings. The number of unbranched alkanes of at least 4 members (excludes halogenated alkanes) is 11. The Morgan fingerprint density at radius 1 is 0.920 bits per heavy atom. The first-order chi connectivity index (χ1) is 24.0. The topological polar surface area (TPSA) is 119 Å². The van der Waals surface area contributed by atoms with E-state index in [2.05, 4.69) is 34.7 Å². The third kappa shape index (κ3) is 15.4. The second-order valence-electron chi connectivity index (χ2n) is 15.1. The lowest BCUT2D eigenvalue weighted by atomic mass is 9.85. The summed E-state index contributed by atoms with van der Waals surface area (Å²) in [6.07, 6.45) is 22.7. The maximum atomic E-state index is 13.0. The zero-order chi connectivity index (χ0) is 36.2. The summed E-state index contributed by atoms with van der Waals surface area (Å²) in [5.41, 5.74) is 1.57. The van der Waals surface area contributed by atoms with Gasteiger partial charge in [-0.05, 0) is 64.0 Å². The first kappa shape index (κ1) is 41.3. The molecule has 9 heteroatoms. The molecule has 2 atom stereocenters. The van der Waals surface area contributed by atoms with Crippen LogP contribution in [-0.2, 0) is 35.0 Å². The average Bonchev–Trinajstić information content (AvgIpc) is 3.49. The second-order valence-corrected chi connectivity index (χ2v) is 15.1. The lowest BCUT2D eigenvalue weighted by Gasteiger charge is -2.44. The monoisotopic (exact) mass is 695 g/mol. The van der Waals surface area contributed by atoms with Gasteiger partial charge in [-0.25, -0.2) is 0 Å². The lowest BCUT2D eigenvalue weighted by molar-refractivity contribution is -0.304. The predicted octanol–water partition coefficient (Wildman–Crippen LogP) is 8.46. The van der Waals surface area contributed by atoms with Gasteiger partial charge in [-0.3, -0.25) is 14.4 Å². The van der Waals surface area contributed by atoms with Gasteiger partial charge in [0.25, 0.3) is 0 Å². The summed E-state index contributed by atoms with van der Waals surface area (Å²) in [6.45, 7) is 10.2. The van der Waals surface area contributed by atoms with Crippen molar-refractivity contribution >= 4 is 28.7 Å². The van der Waals surface area contributed by atoms with E-state index >= 15 is 0 Å². The molecule has 0 bridgehead atoms. The molecule has 0 spiro atoms. The molecule has 0 aliphatic carbocycles. The fourth-order valence-electron chi connectivity index (χ4n) is 6.34. The van der Waals surface area contributed by atoms with Gasteiger partial charge in [0.1, 0.15) is 12.7 Å². The van der Waals surface area contributed by atoms with Gasteiger partial charge in [-0.15, -0.1) is 0 Å². The van der Waals surface area contributed by atoms with E-state index < -0.39 is 23.3 Å². The van der Waals surface area contributed by atoms with E-state index in [1.807, 2.05) is 44.3 Å². The number of hydrogen-bond donors (Lipinski definition) is 3. The second kappa shape index (κ2) is 21.9. The highest BCUT2D eigenvalue weighted by molar-refractivity contribution is 5.83. The van der Waals surface area contributed by atoms with Gasteiger partial charge in [-0.2, -0.15) is 0 Å². The molecule has 0 saturated carbocycles. The SMILES string of the molecule is CCCCCCCC/C=C\CCCCCCCC(=O)NC(COC(=O)CCNC(=O)C1OC(C)(C)OCC1(C)C)Cc1c[nH]c2ccccc12. The molecule has 50 heavy (non-hydrogen) atoms. The predicted molar refractivity (Wildman–Crippen MR) is 201 cm³/mol. The van der Waals surface area contributed by atoms with E-state index in [0.29, 0.717) is 19.4 Å². The lowest BCUT2D eigenvalue weighted by Crippen LogP contribution is -2.56. The van der Waals surface area contributed by atoms with Crippen molar-refractivity contribution in [3.05, 3.63) is 48.2 Å². The van der Waals surface area contributed by atoms with Crippen LogP contribution in [0.3, 0.4) is 0 Å². The maximum absolute atomic E-state index is 13.0. The fraction of sp³-hybridized carbons (Fsp3) is 0.683. The molecular formula is C41H65N3O6. The van der Waals surface area contributed by atoms with Crippen LogP contribution in [0.4, 0.5) is 0 Å². The van der Waals surface area contributed by atoms with Crippen LogP contribution >= 0.6 is 0 Å². The van der Waals surface area contributed by atoms with Crippen LogP contribution in [0, 0.1) is 5.41 Å². The van der Waals surface area contributed by atoms with Crippen LogP contribution in [0.1, 0.15) is 136 Å². The molecule has 9 nitrogen and oxygen atoms in total. The number of para-hydroxylation sites is 1. The van der Waals surface area contributed by atoms with Crippen molar-refractivity contribution in [2.75, 3.05) is 19.8 Å². The molecule has 2 unspecified atom stereocenters. The summed E-state index contributed by atoms with van der Waals surface area (Å²) in [7, 11) is 0. The number of esters is 1. The first-order valence-corrected chi connectivity index (χ1v) is 19.2. The van der Waals surface area contributed by atoms with Crippen LogP contribution in [0.2, 0.25) is 0 Å². The Kier molecular flexibility index (Phi) is 18.1. The van der Waals surface area contributed by atoms with Gasteiger partial charge in [0.05, 0.1) is 19.1 Å². The molecule has 2 aromatic rings.